The van der Waals surface area contributed by atoms with Crippen molar-refractivity contribution >= 4 is 0 Å². The lowest BCUT2D eigenvalue weighted by Crippen LogP contribution is -2.53. The molecule has 2 aliphatic carbocycles. The monoisotopic (exact) mass is 266 g/mol. The Hall–Kier alpha value is -0.0800. The van der Waals surface area contributed by atoms with E-state index in [0.717, 1.165) is 36.6 Å². The van der Waals surface area contributed by atoms with E-state index < -0.39 is 0 Å². The molecule has 0 spiro atoms. The van der Waals surface area contributed by atoms with E-state index in [2.05, 4.69) is 26.1 Å². The zero-order valence-corrected chi connectivity index (χ0v) is 13.3. The SMILES string of the molecule is CCC(C)CC(CC)(CN)NCC(C1CC1)C1CC1. The summed E-state index contributed by atoms with van der Waals surface area (Å²) in [6, 6.07) is 0. The van der Waals surface area contributed by atoms with Crippen molar-refractivity contribution in [2.24, 2.45) is 29.4 Å². The molecule has 2 unspecified atom stereocenters. The van der Waals surface area contributed by atoms with Gasteiger partial charge in [-0.15, -0.1) is 0 Å². The minimum absolute atomic E-state index is 0.192. The predicted molar refractivity (Wildman–Crippen MR) is 83.1 cm³/mol. The van der Waals surface area contributed by atoms with Gasteiger partial charge in [-0.05, 0) is 68.7 Å². The first-order valence-corrected chi connectivity index (χ1v) is 8.59. The number of rotatable bonds is 10. The molecular formula is C17H34N2. The molecular weight excluding hydrogens is 232 g/mol. The summed E-state index contributed by atoms with van der Waals surface area (Å²) in [5.41, 5.74) is 6.32. The lowest BCUT2D eigenvalue weighted by atomic mass is 9.83. The van der Waals surface area contributed by atoms with Crippen LogP contribution in [0.15, 0.2) is 0 Å². The fourth-order valence-corrected chi connectivity index (χ4v) is 3.55. The summed E-state index contributed by atoms with van der Waals surface area (Å²) in [6.45, 7) is 8.96. The second kappa shape index (κ2) is 6.58. The number of nitrogens with two attached hydrogens (primary N) is 1. The second-order valence-electron chi connectivity index (χ2n) is 7.28. The van der Waals surface area contributed by atoms with Gasteiger partial charge in [0.15, 0.2) is 0 Å². The third-order valence-electron chi connectivity index (χ3n) is 5.67. The van der Waals surface area contributed by atoms with Crippen LogP contribution in [0.2, 0.25) is 0 Å². The molecule has 0 aromatic carbocycles. The standard InChI is InChI=1S/C17H34N2/c1-4-13(3)10-17(5-2,12-18)19-11-16(14-6-7-14)15-8-9-15/h13-16,19H,4-12,18H2,1-3H3. The molecule has 0 aliphatic heterocycles. The molecule has 2 aliphatic rings. The van der Waals surface area contributed by atoms with Crippen LogP contribution in [0.25, 0.3) is 0 Å². The van der Waals surface area contributed by atoms with Gasteiger partial charge in [-0.3, -0.25) is 0 Å². The highest BCUT2D eigenvalue weighted by Gasteiger charge is 2.42. The Kier molecular flexibility index (Phi) is 5.30. The van der Waals surface area contributed by atoms with Gasteiger partial charge in [0.2, 0.25) is 0 Å². The van der Waals surface area contributed by atoms with Crippen molar-refractivity contribution in [3.05, 3.63) is 0 Å². The Labute approximate surface area is 119 Å². The van der Waals surface area contributed by atoms with Crippen LogP contribution in [0, 0.1) is 23.7 Å². The van der Waals surface area contributed by atoms with E-state index in [4.69, 9.17) is 5.73 Å². The second-order valence-corrected chi connectivity index (χ2v) is 7.28. The maximum atomic E-state index is 6.13. The molecule has 2 heteroatoms. The summed E-state index contributed by atoms with van der Waals surface area (Å²) in [7, 11) is 0. The van der Waals surface area contributed by atoms with Crippen LogP contribution < -0.4 is 11.1 Å². The molecule has 2 nitrogen and oxygen atoms in total. The smallest absolute Gasteiger partial charge is 0.0304 e. The van der Waals surface area contributed by atoms with Gasteiger partial charge in [0.1, 0.15) is 0 Å². The Morgan fingerprint density at radius 3 is 2.11 bits per heavy atom. The van der Waals surface area contributed by atoms with E-state index in [1.807, 2.05) is 0 Å². The van der Waals surface area contributed by atoms with Gasteiger partial charge in [-0.2, -0.15) is 0 Å². The van der Waals surface area contributed by atoms with Gasteiger partial charge in [-0.1, -0.05) is 27.2 Å². The number of hydrogen-bond acceptors (Lipinski definition) is 2. The number of hydrogen-bond donors (Lipinski definition) is 2. The summed E-state index contributed by atoms with van der Waals surface area (Å²) in [5, 5.41) is 3.92. The molecule has 3 N–H and O–H groups in total. The highest BCUT2D eigenvalue weighted by atomic mass is 15.0. The van der Waals surface area contributed by atoms with Crippen molar-refractivity contribution in [2.45, 2.75) is 71.3 Å². The lowest BCUT2D eigenvalue weighted by Gasteiger charge is -2.37. The maximum absolute atomic E-state index is 6.13. The summed E-state index contributed by atoms with van der Waals surface area (Å²) in [5.74, 6) is 3.80. The molecule has 2 fully saturated rings. The van der Waals surface area contributed by atoms with E-state index in [1.165, 1.54) is 45.1 Å². The molecule has 0 aromatic heterocycles. The molecule has 0 saturated heterocycles. The van der Waals surface area contributed by atoms with Crippen LogP contribution in [0.3, 0.4) is 0 Å². The van der Waals surface area contributed by atoms with E-state index in [1.54, 1.807) is 0 Å². The lowest BCUT2D eigenvalue weighted by molar-refractivity contribution is 0.227. The maximum Gasteiger partial charge on any atom is 0.0304 e. The van der Waals surface area contributed by atoms with Crippen molar-refractivity contribution in [3.63, 3.8) is 0 Å². The van der Waals surface area contributed by atoms with Crippen LogP contribution in [-0.2, 0) is 0 Å². The van der Waals surface area contributed by atoms with E-state index >= 15 is 0 Å². The van der Waals surface area contributed by atoms with Gasteiger partial charge >= 0.3 is 0 Å². The van der Waals surface area contributed by atoms with Crippen LogP contribution in [0.5, 0.6) is 0 Å². The van der Waals surface area contributed by atoms with Gasteiger partial charge in [0.25, 0.3) is 0 Å². The molecule has 2 atom stereocenters. The number of nitrogens with one attached hydrogen (secondary N) is 1. The summed E-state index contributed by atoms with van der Waals surface area (Å²) < 4.78 is 0. The van der Waals surface area contributed by atoms with Gasteiger partial charge < -0.3 is 11.1 Å². The summed E-state index contributed by atoms with van der Waals surface area (Å²) in [6.07, 6.45) is 9.59. The third-order valence-corrected chi connectivity index (χ3v) is 5.67. The first-order valence-electron chi connectivity index (χ1n) is 8.59. The van der Waals surface area contributed by atoms with Crippen molar-refractivity contribution in [2.75, 3.05) is 13.1 Å². The van der Waals surface area contributed by atoms with E-state index in [-0.39, 0.29) is 5.54 Å². The average Bonchev–Trinajstić information content (AvgIpc) is 3.29. The van der Waals surface area contributed by atoms with Crippen LogP contribution in [-0.4, -0.2) is 18.6 Å². The Morgan fingerprint density at radius 1 is 1.16 bits per heavy atom. The molecule has 19 heavy (non-hydrogen) atoms. The van der Waals surface area contributed by atoms with Crippen molar-refractivity contribution in [1.82, 2.24) is 5.32 Å². The first kappa shape index (κ1) is 15.3. The van der Waals surface area contributed by atoms with Crippen LogP contribution in [0.4, 0.5) is 0 Å². The molecule has 0 aromatic rings. The quantitative estimate of drug-likeness (QED) is 0.634. The van der Waals surface area contributed by atoms with E-state index in [9.17, 15) is 0 Å². The highest BCUT2D eigenvalue weighted by molar-refractivity contribution is 4.96. The molecule has 0 amide bonds. The first-order chi connectivity index (χ1) is 9.14. The minimum atomic E-state index is 0.192. The predicted octanol–water partition coefficient (Wildman–Crippen LogP) is 3.56. The third kappa shape index (κ3) is 4.19. The highest BCUT2D eigenvalue weighted by Crippen LogP contribution is 2.49. The summed E-state index contributed by atoms with van der Waals surface area (Å²) in [4.78, 5) is 0. The van der Waals surface area contributed by atoms with Crippen molar-refractivity contribution < 1.29 is 0 Å². The van der Waals surface area contributed by atoms with Crippen LogP contribution in [0.1, 0.15) is 65.7 Å². The van der Waals surface area contributed by atoms with Gasteiger partial charge in [0.05, 0.1) is 0 Å². The average molecular weight is 266 g/mol. The van der Waals surface area contributed by atoms with Crippen molar-refractivity contribution in [1.29, 1.82) is 0 Å². The topological polar surface area (TPSA) is 38.0 Å². The van der Waals surface area contributed by atoms with Crippen molar-refractivity contribution in [3.8, 4) is 0 Å². The molecule has 0 heterocycles. The molecule has 2 saturated carbocycles. The summed E-state index contributed by atoms with van der Waals surface area (Å²) >= 11 is 0. The van der Waals surface area contributed by atoms with Crippen LogP contribution >= 0.6 is 0 Å². The molecule has 112 valence electrons. The van der Waals surface area contributed by atoms with E-state index in [0.29, 0.717) is 0 Å². The Bertz CT molecular complexity index is 252. The normalized spacial score (nSPS) is 24.5. The zero-order valence-electron chi connectivity index (χ0n) is 13.3. The fourth-order valence-electron chi connectivity index (χ4n) is 3.55. The largest absolute Gasteiger partial charge is 0.329 e. The Balaban J connectivity index is 1.87. The Morgan fingerprint density at radius 2 is 1.74 bits per heavy atom. The molecule has 0 radical (unpaired) electrons. The molecule has 2 rings (SSSR count). The van der Waals surface area contributed by atoms with Gasteiger partial charge in [0, 0.05) is 12.1 Å². The fraction of sp³-hybridized carbons (Fsp3) is 1.00. The minimum Gasteiger partial charge on any atom is -0.329 e. The zero-order chi connectivity index (χ0) is 13.9. The van der Waals surface area contributed by atoms with Gasteiger partial charge in [-0.25, -0.2) is 0 Å². The molecule has 0 bridgehead atoms.